The third-order valence-corrected chi connectivity index (χ3v) is 7.04. The van der Waals surface area contributed by atoms with E-state index in [2.05, 4.69) is 38.5 Å². The van der Waals surface area contributed by atoms with E-state index in [1.54, 1.807) is 19.2 Å². The van der Waals surface area contributed by atoms with Gasteiger partial charge in [0.05, 0.1) is 23.3 Å². The van der Waals surface area contributed by atoms with Gasteiger partial charge in [-0.2, -0.15) is 0 Å². The van der Waals surface area contributed by atoms with Crippen LogP contribution in [-0.2, 0) is 22.9 Å². The maximum Gasteiger partial charge on any atom is 0.240 e. The summed E-state index contributed by atoms with van der Waals surface area (Å²) in [6, 6.07) is 8.95. The molecule has 2 aliphatic heterocycles. The van der Waals surface area contributed by atoms with Gasteiger partial charge in [-0.3, -0.25) is 4.99 Å². The lowest BCUT2D eigenvalue weighted by atomic mass is 9.81. The van der Waals surface area contributed by atoms with Gasteiger partial charge in [-0.05, 0) is 64.9 Å². The van der Waals surface area contributed by atoms with Gasteiger partial charge >= 0.3 is 0 Å². The molecule has 6 nitrogen and oxygen atoms in total. The van der Waals surface area contributed by atoms with Crippen molar-refractivity contribution >= 4 is 15.7 Å². The average Bonchev–Trinajstić information content (AvgIpc) is 3.00. The Morgan fingerprint density at radius 3 is 2.37 bits per heavy atom. The number of benzene rings is 2. The minimum atomic E-state index is -3.49. The molecule has 0 spiro atoms. The fraction of sp³-hybridized carbons (Fsp3) is 0.435. The van der Waals surface area contributed by atoms with E-state index in [4.69, 9.17) is 14.5 Å². The monoisotopic (exact) mass is 428 g/mol. The van der Waals surface area contributed by atoms with Gasteiger partial charge in [-0.1, -0.05) is 12.1 Å². The molecule has 2 aromatic carbocycles. The average molecular weight is 429 g/mol. The first-order chi connectivity index (χ1) is 14.0. The van der Waals surface area contributed by atoms with Crippen LogP contribution < -0.4 is 14.2 Å². The Morgan fingerprint density at radius 1 is 1.10 bits per heavy atom. The number of ether oxygens (including phenoxy) is 2. The predicted molar refractivity (Wildman–Crippen MR) is 118 cm³/mol. The van der Waals surface area contributed by atoms with Gasteiger partial charge < -0.3 is 9.47 Å². The molecule has 4 rings (SSSR count). The lowest BCUT2D eigenvalue weighted by molar-refractivity contribution is 0.134. The number of sulfonamides is 1. The molecule has 1 N–H and O–H groups in total. The quantitative estimate of drug-likeness (QED) is 0.809. The van der Waals surface area contributed by atoms with Gasteiger partial charge in [0.1, 0.15) is 5.60 Å². The first-order valence-corrected chi connectivity index (χ1v) is 11.5. The molecule has 0 saturated carbocycles. The molecule has 7 heteroatoms. The van der Waals surface area contributed by atoms with Gasteiger partial charge in [0, 0.05) is 23.1 Å². The molecule has 2 heterocycles. The van der Waals surface area contributed by atoms with Crippen molar-refractivity contribution in [3.8, 4) is 11.5 Å². The van der Waals surface area contributed by atoms with Crippen LogP contribution in [-0.4, -0.2) is 39.4 Å². The summed E-state index contributed by atoms with van der Waals surface area (Å²) in [4.78, 5) is 5.30. The van der Waals surface area contributed by atoms with Crippen LogP contribution in [0, 0.1) is 0 Å². The van der Waals surface area contributed by atoms with Crippen LogP contribution in [0.15, 0.2) is 40.2 Å². The van der Waals surface area contributed by atoms with E-state index in [1.165, 1.54) is 12.6 Å². The van der Waals surface area contributed by atoms with Crippen LogP contribution >= 0.6 is 0 Å². The van der Waals surface area contributed by atoms with Crippen molar-refractivity contribution in [1.82, 2.24) is 4.72 Å². The minimum absolute atomic E-state index is 0.231. The molecule has 0 saturated heterocycles. The topological polar surface area (TPSA) is 77.0 Å². The molecule has 30 heavy (non-hydrogen) atoms. The van der Waals surface area contributed by atoms with Crippen molar-refractivity contribution in [3.63, 3.8) is 0 Å². The molecular weight excluding hydrogens is 400 g/mol. The molecule has 0 aromatic heterocycles. The Bertz CT molecular complexity index is 1150. The van der Waals surface area contributed by atoms with Crippen molar-refractivity contribution < 1.29 is 17.9 Å². The number of hydrogen-bond acceptors (Lipinski definition) is 5. The predicted octanol–water partition coefficient (Wildman–Crippen LogP) is 3.49. The summed E-state index contributed by atoms with van der Waals surface area (Å²) >= 11 is 0. The SMILES string of the molecule is CNS(=O)(=O)c1ccc(C2=NC(C)(C)Cc3cc(OC)c4c(c32)CC(C)(C)O4)cc1. The van der Waals surface area contributed by atoms with E-state index in [-0.39, 0.29) is 16.0 Å². The van der Waals surface area contributed by atoms with Crippen LogP contribution in [0.2, 0.25) is 0 Å². The molecule has 0 radical (unpaired) electrons. The number of methoxy groups -OCH3 is 1. The molecule has 0 unspecified atom stereocenters. The fourth-order valence-electron chi connectivity index (χ4n) is 4.34. The first kappa shape index (κ1) is 20.9. The molecule has 160 valence electrons. The molecule has 0 fully saturated rings. The van der Waals surface area contributed by atoms with Crippen LogP contribution in [0.25, 0.3) is 0 Å². The van der Waals surface area contributed by atoms with Crippen molar-refractivity contribution in [1.29, 1.82) is 0 Å². The molecule has 0 amide bonds. The van der Waals surface area contributed by atoms with Crippen molar-refractivity contribution in [2.45, 2.75) is 56.6 Å². The largest absolute Gasteiger partial charge is 0.493 e. The minimum Gasteiger partial charge on any atom is -0.493 e. The van der Waals surface area contributed by atoms with Crippen LogP contribution in [0.3, 0.4) is 0 Å². The third-order valence-electron chi connectivity index (χ3n) is 5.61. The van der Waals surface area contributed by atoms with Crippen LogP contribution in [0.4, 0.5) is 0 Å². The molecular formula is C23H28N2O4S. The highest BCUT2D eigenvalue weighted by Crippen LogP contribution is 2.47. The number of aliphatic imine (C=N–C) groups is 1. The summed E-state index contributed by atoms with van der Waals surface area (Å²) in [6.45, 7) is 8.35. The highest BCUT2D eigenvalue weighted by Gasteiger charge is 2.39. The normalized spacial score (nSPS) is 18.8. The van der Waals surface area contributed by atoms with Crippen molar-refractivity contribution in [2.24, 2.45) is 4.99 Å². The second-order valence-corrected chi connectivity index (χ2v) is 11.0. The summed E-state index contributed by atoms with van der Waals surface area (Å²) < 4.78 is 38.5. The summed E-state index contributed by atoms with van der Waals surface area (Å²) in [7, 11) is -0.414. The number of hydrogen-bond donors (Lipinski definition) is 1. The number of nitrogens with one attached hydrogen (secondary N) is 1. The Morgan fingerprint density at radius 2 is 1.77 bits per heavy atom. The van der Waals surface area contributed by atoms with Gasteiger partial charge in [0.15, 0.2) is 11.5 Å². The number of rotatable bonds is 4. The van der Waals surface area contributed by atoms with E-state index in [0.29, 0.717) is 0 Å². The summed E-state index contributed by atoms with van der Waals surface area (Å²) in [5.41, 5.74) is 4.51. The molecule has 2 aliphatic rings. The van der Waals surface area contributed by atoms with E-state index >= 15 is 0 Å². The Balaban J connectivity index is 1.91. The smallest absolute Gasteiger partial charge is 0.240 e. The van der Waals surface area contributed by atoms with Gasteiger partial charge in [0.2, 0.25) is 10.0 Å². The van der Waals surface area contributed by atoms with Gasteiger partial charge in [-0.15, -0.1) is 0 Å². The molecule has 0 atom stereocenters. The fourth-order valence-corrected chi connectivity index (χ4v) is 5.07. The summed E-state index contributed by atoms with van der Waals surface area (Å²) in [6.07, 6.45) is 1.55. The standard InChI is InChI=1S/C23H28N2O4S/c1-22(2)12-15-11-18(28-6)21-17(13-23(3,4)29-21)19(15)20(25-22)14-7-9-16(10-8-14)30(26,27)24-5/h7-11,24H,12-13H2,1-6H3. The van der Waals surface area contributed by atoms with Gasteiger partial charge in [-0.25, -0.2) is 13.1 Å². The lowest BCUT2D eigenvalue weighted by Crippen LogP contribution is -2.30. The summed E-state index contributed by atoms with van der Waals surface area (Å²) in [5, 5.41) is 0. The van der Waals surface area contributed by atoms with Crippen LogP contribution in [0.1, 0.15) is 49.9 Å². The van der Waals surface area contributed by atoms with E-state index in [1.807, 2.05) is 12.1 Å². The Hall–Kier alpha value is -2.38. The second-order valence-electron chi connectivity index (χ2n) is 9.14. The summed E-state index contributed by atoms with van der Waals surface area (Å²) in [5.74, 6) is 1.53. The van der Waals surface area contributed by atoms with E-state index < -0.39 is 10.0 Å². The van der Waals surface area contributed by atoms with Crippen molar-refractivity contribution in [3.05, 3.63) is 52.6 Å². The van der Waals surface area contributed by atoms with Crippen molar-refractivity contribution in [2.75, 3.05) is 14.2 Å². The highest BCUT2D eigenvalue weighted by molar-refractivity contribution is 7.89. The third kappa shape index (κ3) is 3.50. The number of fused-ring (bicyclic) bond motifs is 3. The zero-order valence-corrected chi connectivity index (χ0v) is 19.1. The maximum absolute atomic E-state index is 12.1. The molecule has 0 bridgehead atoms. The highest BCUT2D eigenvalue weighted by atomic mass is 32.2. The Labute approximate surface area is 178 Å². The van der Waals surface area contributed by atoms with E-state index in [0.717, 1.165) is 46.7 Å². The zero-order valence-electron chi connectivity index (χ0n) is 18.3. The Kier molecular flexibility index (Phi) is 4.74. The van der Waals surface area contributed by atoms with Crippen LogP contribution in [0.5, 0.6) is 11.5 Å². The first-order valence-electron chi connectivity index (χ1n) is 10.0. The lowest BCUT2D eigenvalue weighted by Gasteiger charge is -2.31. The second kappa shape index (κ2) is 6.82. The molecule has 0 aliphatic carbocycles. The zero-order chi connectivity index (χ0) is 21.9. The number of nitrogens with zero attached hydrogens (tertiary/aromatic N) is 1. The van der Waals surface area contributed by atoms with Gasteiger partial charge in [0.25, 0.3) is 0 Å². The van der Waals surface area contributed by atoms with E-state index in [9.17, 15) is 8.42 Å². The maximum atomic E-state index is 12.1. The molecule has 2 aromatic rings.